The van der Waals surface area contributed by atoms with E-state index in [-0.39, 0.29) is 0 Å². The van der Waals surface area contributed by atoms with E-state index in [0.717, 1.165) is 12.8 Å². The molecule has 0 aromatic rings. The number of aliphatic carboxylic acids is 1. The summed E-state index contributed by atoms with van der Waals surface area (Å²) in [5.74, 6) is -0.660. The molecule has 0 aliphatic carbocycles. The Morgan fingerprint density at radius 3 is 1.82 bits per heavy atom. The maximum absolute atomic E-state index is 10.3. The summed E-state index contributed by atoms with van der Waals surface area (Å²) in [4.78, 5) is 10.3. The van der Waals surface area contributed by atoms with E-state index in [4.69, 9.17) is 5.11 Å². The lowest BCUT2D eigenvalue weighted by molar-refractivity contribution is -0.137. The molecule has 0 fully saturated rings. The monoisotopic (exact) mass is 242 g/mol. The van der Waals surface area contributed by atoms with Gasteiger partial charge in [-0.25, -0.2) is 0 Å². The predicted molar refractivity (Wildman–Crippen MR) is 73.3 cm³/mol. The van der Waals surface area contributed by atoms with Gasteiger partial charge in [-0.3, -0.25) is 4.79 Å². The molecule has 0 aromatic heterocycles. The molecule has 0 radical (unpaired) electrons. The van der Waals surface area contributed by atoms with Crippen LogP contribution < -0.4 is 0 Å². The standard InChI is InChI=1S/C15H30O2/c1-4-15(5-2,6-3)13-11-9-7-8-10-12-14(16)17/h4-13H2,1-3H3,(H,16,17). The van der Waals surface area contributed by atoms with E-state index in [1.807, 2.05) is 0 Å². The highest BCUT2D eigenvalue weighted by atomic mass is 16.4. The van der Waals surface area contributed by atoms with Crippen LogP contribution in [-0.2, 0) is 4.79 Å². The van der Waals surface area contributed by atoms with Crippen LogP contribution in [0.3, 0.4) is 0 Å². The topological polar surface area (TPSA) is 37.3 Å². The number of unbranched alkanes of at least 4 members (excludes halogenated alkanes) is 4. The Morgan fingerprint density at radius 1 is 0.882 bits per heavy atom. The third-order valence-corrected chi connectivity index (χ3v) is 4.35. The van der Waals surface area contributed by atoms with Crippen LogP contribution in [0.1, 0.15) is 85.0 Å². The Morgan fingerprint density at radius 2 is 1.35 bits per heavy atom. The van der Waals surface area contributed by atoms with Crippen LogP contribution in [0.4, 0.5) is 0 Å². The van der Waals surface area contributed by atoms with Crippen molar-refractivity contribution in [3.05, 3.63) is 0 Å². The zero-order chi connectivity index (χ0) is 13.1. The molecule has 0 saturated heterocycles. The highest BCUT2D eigenvalue weighted by molar-refractivity contribution is 5.66. The summed E-state index contributed by atoms with van der Waals surface area (Å²) in [5.41, 5.74) is 0.571. The molecule has 0 heterocycles. The average Bonchev–Trinajstić information content (AvgIpc) is 2.33. The van der Waals surface area contributed by atoms with E-state index in [0.29, 0.717) is 11.8 Å². The summed E-state index contributed by atoms with van der Waals surface area (Å²) in [6.45, 7) is 6.92. The molecule has 2 heteroatoms. The number of hydrogen-bond acceptors (Lipinski definition) is 1. The lowest BCUT2D eigenvalue weighted by Gasteiger charge is -2.30. The first-order valence-electron chi connectivity index (χ1n) is 7.32. The van der Waals surface area contributed by atoms with Gasteiger partial charge in [0.25, 0.3) is 0 Å². The predicted octanol–water partition coefficient (Wildman–Crippen LogP) is 5.02. The van der Waals surface area contributed by atoms with Crippen molar-refractivity contribution in [3.63, 3.8) is 0 Å². The number of carboxylic acid groups (broad SMARTS) is 1. The zero-order valence-corrected chi connectivity index (χ0v) is 11.9. The lowest BCUT2D eigenvalue weighted by atomic mass is 9.75. The van der Waals surface area contributed by atoms with Crippen LogP contribution in [0.15, 0.2) is 0 Å². The van der Waals surface area contributed by atoms with Crippen LogP contribution in [0.25, 0.3) is 0 Å². The number of hydrogen-bond donors (Lipinski definition) is 1. The van der Waals surface area contributed by atoms with Gasteiger partial charge in [-0.1, -0.05) is 65.7 Å². The first-order valence-corrected chi connectivity index (χ1v) is 7.32. The van der Waals surface area contributed by atoms with Crippen molar-refractivity contribution in [3.8, 4) is 0 Å². The van der Waals surface area contributed by atoms with Gasteiger partial charge in [-0.05, 0) is 18.3 Å². The van der Waals surface area contributed by atoms with E-state index in [2.05, 4.69) is 20.8 Å². The summed E-state index contributed by atoms with van der Waals surface area (Å²) in [6.07, 6.45) is 11.2. The van der Waals surface area contributed by atoms with Crippen molar-refractivity contribution < 1.29 is 9.90 Å². The molecule has 0 saturated carbocycles. The fraction of sp³-hybridized carbons (Fsp3) is 0.933. The van der Waals surface area contributed by atoms with Crippen molar-refractivity contribution in [1.82, 2.24) is 0 Å². The van der Waals surface area contributed by atoms with Crippen LogP contribution >= 0.6 is 0 Å². The Hall–Kier alpha value is -0.530. The molecule has 0 rings (SSSR count). The largest absolute Gasteiger partial charge is 0.481 e. The fourth-order valence-corrected chi connectivity index (χ4v) is 2.59. The van der Waals surface area contributed by atoms with E-state index in [1.165, 1.54) is 44.9 Å². The summed E-state index contributed by atoms with van der Waals surface area (Å²) in [5, 5.41) is 8.52. The number of rotatable bonds is 11. The third kappa shape index (κ3) is 7.40. The highest BCUT2D eigenvalue weighted by Crippen LogP contribution is 2.36. The molecular formula is C15H30O2. The maximum Gasteiger partial charge on any atom is 0.303 e. The number of carboxylic acids is 1. The molecule has 0 unspecified atom stereocenters. The molecule has 1 N–H and O–H groups in total. The van der Waals surface area contributed by atoms with E-state index < -0.39 is 5.97 Å². The van der Waals surface area contributed by atoms with Gasteiger partial charge in [-0.2, -0.15) is 0 Å². The van der Waals surface area contributed by atoms with E-state index in [1.54, 1.807) is 0 Å². The molecule has 0 amide bonds. The highest BCUT2D eigenvalue weighted by Gasteiger charge is 2.22. The van der Waals surface area contributed by atoms with Gasteiger partial charge in [0.1, 0.15) is 0 Å². The normalized spacial score (nSPS) is 11.7. The molecule has 0 aliphatic rings. The molecule has 0 aliphatic heterocycles. The maximum atomic E-state index is 10.3. The molecule has 102 valence electrons. The first kappa shape index (κ1) is 16.5. The second-order valence-electron chi connectivity index (χ2n) is 5.22. The molecule has 0 atom stereocenters. The first-order chi connectivity index (χ1) is 8.10. The van der Waals surface area contributed by atoms with Crippen LogP contribution in [0.2, 0.25) is 0 Å². The van der Waals surface area contributed by atoms with E-state index >= 15 is 0 Å². The fourth-order valence-electron chi connectivity index (χ4n) is 2.59. The van der Waals surface area contributed by atoms with Gasteiger partial charge in [0.15, 0.2) is 0 Å². The van der Waals surface area contributed by atoms with Gasteiger partial charge < -0.3 is 5.11 Å². The minimum atomic E-state index is -0.660. The summed E-state index contributed by atoms with van der Waals surface area (Å²) in [6, 6.07) is 0. The third-order valence-electron chi connectivity index (χ3n) is 4.35. The Labute approximate surface area is 107 Å². The number of carbonyl (C=O) groups is 1. The molecule has 0 spiro atoms. The summed E-state index contributed by atoms with van der Waals surface area (Å²) < 4.78 is 0. The van der Waals surface area contributed by atoms with Gasteiger partial charge in [-0.15, -0.1) is 0 Å². The quantitative estimate of drug-likeness (QED) is 0.517. The smallest absolute Gasteiger partial charge is 0.303 e. The minimum Gasteiger partial charge on any atom is -0.481 e. The molecule has 0 bridgehead atoms. The van der Waals surface area contributed by atoms with Gasteiger partial charge in [0.05, 0.1) is 0 Å². The average molecular weight is 242 g/mol. The van der Waals surface area contributed by atoms with Crippen molar-refractivity contribution in [1.29, 1.82) is 0 Å². The lowest BCUT2D eigenvalue weighted by Crippen LogP contribution is -2.17. The molecule has 2 nitrogen and oxygen atoms in total. The van der Waals surface area contributed by atoms with Crippen LogP contribution in [0, 0.1) is 5.41 Å². The molecular weight excluding hydrogens is 212 g/mol. The van der Waals surface area contributed by atoms with Crippen LogP contribution in [0.5, 0.6) is 0 Å². The summed E-state index contributed by atoms with van der Waals surface area (Å²) in [7, 11) is 0. The van der Waals surface area contributed by atoms with E-state index in [9.17, 15) is 4.79 Å². The second-order valence-corrected chi connectivity index (χ2v) is 5.22. The Balaban J connectivity index is 3.52. The SMILES string of the molecule is CCC(CC)(CC)CCCCCCCC(=O)O. The zero-order valence-electron chi connectivity index (χ0n) is 11.9. The van der Waals surface area contributed by atoms with Gasteiger partial charge in [0, 0.05) is 6.42 Å². The second kappa shape index (κ2) is 9.49. The van der Waals surface area contributed by atoms with Gasteiger partial charge in [0.2, 0.25) is 0 Å². The van der Waals surface area contributed by atoms with Crippen molar-refractivity contribution in [2.24, 2.45) is 5.41 Å². The van der Waals surface area contributed by atoms with Gasteiger partial charge >= 0.3 is 5.97 Å². The van der Waals surface area contributed by atoms with Crippen molar-refractivity contribution >= 4 is 5.97 Å². The van der Waals surface area contributed by atoms with Crippen LogP contribution in [-0.4, -0.2) is 11.1 Å². The minimum absolute atomic E-state index is 0.336. The molecule has 0 aromatic carbocycles. The summed E-state index contributed by atoms with van der Waals surface area (Å²) >= 11 is 0. The molecule has 17 heavy (non-hydrogen) atoms. The van der Waals surface area contributed by atoms with Crippen molar-refractivity contribution in [2.75, 3.05) is 0 Å². The van der Waals surface area contributed by atoms with Crippen molar-refractivity contribution in [2.45, 2.75) is 85.0 Å². The Kier molecular flexibility index (Phi) is 9.20. The Bertz CT molecular complexity index is 187.